The highest BCUT2D eigenvalue weighted by Gasteiger charge is 2.35. The Morgan fingerprint density at radius 3 is 2.44 bits per heavy atom. The number of nitrogens with zero attached hydrogens (tertiary/aromatic N) is 5. The number of amides is 1. The van der Waals surface area contributed by atoms with Gasteiger partial charge in [-0.2, -0.15) is 18.4 Å². The number of para-hydroxylation sites is 1. The second kappa shape index (κ2) is 15.2. The van der Waals surface area contributed by atoms with E-state index in [0.29, 0.717) is 34.9 Å². The molecule has 0 aliphatic rings. The van der Waals surface area contributed by atoms with E-state index < -0.39 is 17.6 Å². The van der Waals surface area contributed by atoms with Crippen molar-refractivity contribution in [3.63, 3.8) is 0 Å². The first-order valence-electron chi connectivity index (χ1n) is 14.2. The topological polar surface area (TPSA) is 77.2 Å². The number of benzene rings is 3. The predicted octanol–water partition coefficient (Wildman–Crippen LogP) is 7.71. The molecule has 7 nitrogen and oxygen atoms in total. The number of rotatable bonds is 11. The highest BCUT2D eigenvalue weighted by molar-refractivity contribution is 7.80. The minimum Gasteiger partial charge on any atom is -0.330 e. The largest absolute Gasteiger partial charge is 0.416 e. The number of hydrogen-bond acceptors (Lipinski definition) is 5. The Labute approximate surface area is 270 Å². The highest BCUT2D eigenvalue weighted by atomic mass is 35.5. The standard InChI is InChI=1S/C33H32ClF3N6OS/c1-23(2)15-16-42(21-26-7-3-4-8-28(26)33(35,36)37)43(32(45)40-30-10-6-5-9-29(30)34)31(44)17-27-19-39-22-41(27)20-25-13-11-24(18-38)12-14-25/h3-14,19,22-23H,15-17,20-21H2,1-2H3,(H,40,45). The molecular weight excluding hydrogens is 621 g/mol. The molecule has 234 valence electrons. The number of thiocarbonyl (C=S) groups is 1. The Kier molecular flexibility index (Phi) is 11.3. The van der Waals surface area contributed by atoms with Crippen LogP contribution in [-0.4, -0.2) is 37.1 Å². The van der Waals surface area contributed by atoms with E-state index in [1.807, 2.05) is 26.0 Å². The van der Waals surface area contributed by atoms with Crippen molar-refractivity contribution >= 4 is 40.5 Å². The van der Waals surface area contributed by atoms with E-state index >= 15 is 0 Å². The summed E-state index contributed by atoms with van der Waals surface area (Å²) < 4.78 is 43.8. The molecule has 1 N–H and O–H groups in total. The van der Waals surface area contributed by atoms with Crippen molar-refractivity contribution in [1.82, 2.24) is 19.6 Å². The quantitative estimate of drug-likeness (QED) is 0.132. The Bertz CT molecular complexity index is 1670. The van der Waals surface area contributed by atoms with E-state index in [-0.39, 0.29) is 36.1 Å². The molecule has 4 aromatic rings. The maximum absolute atomic E-state index is 14.2. The molecule has 0 saturated carbocycles. The van der Waals surface area contributed by atoms with E-state index in [1.54, 1.807) is 64.6 Å². The van der Waals surface area contributed by atoms with Gasteiger partial charge in [0.25, 0.3) is 0 Å². The average molecular weight is 653 g/mol. The predicted molar refractivity (Wildman–Crippen MR) is 172 cm³/mol. The van der Waals surface area contributed by atoms with Gasteiger partial charge in [0.1, 0.15) is 0 Å². The number of nitrogens with one attached hydrogen (secondary N) is 1. The first kappa shape index (κ1) is 33.6. The van der Waals surface area contributed by atoms with Crippen LogP contribution < -0.4 is 5.32 Å². The summed E-state index contributed by atoms with van der Waals surface area (Å²) in [6.45, 7) is 4.42. The van der Waals surface area contributed by atoms with Crippen LogP contribution in [0.15, 0.2) is 85.3 Å². The minimum atomic E-state index is -4.58. The molecule has 0 aliphatic heterocycles. The van der Waals surface area contributed by atoms with Crippen molar-refractivity contribution in [3.05, 3.63) is 118 Å². The number of anilines is 1. The van der Waals surface area contributed by atoms with Crippen LogP contribution in [0.2, 0.25) is 5.02 Å². The van der Waals surface area contributed by atoms with Crippen molar-refractivity contribution in [2.45, 2.75) is 46.0 Å². The summed E-state index contributed by atoms with van der Waals surface area (Å²) in [7, 11) is 0. The molecule has 1 amide bonds. The number of carbonyl (C=O) groups is 1. The lowest BCUT2D eigenvalue weighted by Gasteiger charge is -2.36. The summed E-state index contributed by atoms with van der Waals surface area (Å²) in [5, 5.41) is 15.3. The molecule has 0 saturated heterocycles. The van der Waals surface area contributed by atoms with Crippen LogP contribution in [0.25, 0.3) is 0 Å². The van der Waals surface area contributed by atoms with E-state index in [2.05, 4.69) is 16.4 Å². The van der Waals surface area contributed by atoms with Crippen LogP contribution in [-0.2, 0) is 30.5 Å². The first-order valence-corrected chi connectivity index (χ1v) is 15.0. The summed E-state index contributed by atoms with van der Waals surface area (Å²) in [4.78, 5) is 18.4. The lowest BCUT2D eigenvalue weighted by Crippen LogP contribution is -2.52. The van der Waals surface area contributed by atoms with E-state index in [1.165, 1.54) is 17.1 Å². The van der Waals surface area contributed by atoms with Crippen molar-refractivity contribution < 1.29 is 18.0 Å². The van der Waals surface area contributed by atoms with E-state index in [4.69, 9.17) is 29.1 Å². The van der Waals surface area contributed by atoms with Gasteiger partial charge >= 0.3 is 6.18 Å². The van der Waals surface area contributed by atoms with Crippen LogP contribution >= 0.6 is 23.8 Å². The molecule has 0 radical (unpaired) electrons. The smallest absolute Gasteiger partial charge is 0.330 e. The zero-order valence-corrected chi connectivity index (χ0v) is 26.3. The molecule has 0 fully saturated rings. The maximum Gasteiger partial charge on any atom is 0.416 e. The summed E-state index contributed by atoms with van der Waals surface area (Å²) in [5.74, 6) is -0.268. The molecule has 4 rings (SSSR count). The Morgan fingerprint density at radius 1 is 1.09 bits per heavy atom. The molecule has 1 heterocycles. The zero-order valence-electron chi connectivity index (χ0n) is 24.8. The van der Waals surface area contributed by atoms with E-state index in [9.17, 15) is 18.0 Å². The number of nitriles is 1. The molecule has 0 spiro atoms. The fourth-order valence-electron chi connectivity index (χ4n) is 4.67. The molecule has 3 aromatic carbocycles. The third-order valence-corrected chi connectivity index (χ3v) is 7.64. The lowest BCUT2D eigenvalue weighted by molar-refractivity contribution is -0.141. The maximum atomic E-state index is 14.2. The SMILES string of the molecule is CC(C)CCN(Cc1ccccc1C(F)(F)F)N(C(=O)Cc1cncn1Cc1ccc(C#N)cc1)C(=S)Nc1ccccc1Cl. The average Bonchev–Trinajstić information content (AvgIpc) is 3.43. The van der Waals surface area contributed by atoms with Crippen molar-refractivity contribution in [3.8, 4) is 6.07 Å². The van der Waals surface area contributed by atoms with Gasteiger partial charge in [0, 0.05) is 31.5 Å². The van der Waals surface area contributed by atoms with Gasteiger partial charge in [0.15, 0.2) is 5.11 Å². The molecular formula is C33H32ClF3N6OS. The normalized spacial score (nSPS) is 11.4. The zero-order chi connectivity index (χ0) is 32.6. The number of alkyl halides is 3. The van der Waals surface area contributed by atoms with Crippen LogP contribution in [0.1, 0.15) is 48.2 Å². The fraction of sp³-hybridized carbons (Fsp3) is 0.273. The number of halogens is 4. The van der Waals surface area contributed by atoms with E-state index in [0.717, 1.165) is 11.6 Å². The van der Waals surface area contributed by atoms with Gasteiger partial charge in [-0.05, 0) is 66.0 Å². The molecule has 45 heavy (non-hydrogen) atoms. The number of hydrazine groups is 1. The Morgan fingerprint density at radius 2 is 1.78 bits per heavy atom. The van der Waals surface area contributed by atoms with Crippen molar-refractivity contribution in [2.24, 2.45) is 5.92 Å². The second-order valence-electron chi connectivity index (χ2n) is 10.8. The molecule has 0 atom stereocenters. The van der Waals surface area contributed by atoms with Crippen molar-refractivity contribution in [1.29, 1.82) is 5.26 Å². The van der Waals surface area contributed by atoms with Crippen LogP contribution in [0.5, 0.6) is 0 Å². The highest BCUT2D eigenvalue weighted by Crippen LogP contribution is 2.33. The Hall–Kier alpha value is -4.24. The van der Waals surface area contributed by atoms with Crippen LogP contribution in [0.4, 0.5) is 18.9 Å². The van der Waals surface area contributed by atoms with Crippen LogP contribution in [0.3, 0.4) is 0 Å². The molecule has 1 aromatic heterocycles. The second-order valence-corrected chi connectivity index (χ2v) is 11.6. The molecule has 0 bridgehead atoms. The molecule has 0 aliphatic carbocycles. The number of aromatic nitrogens is 2. The van der Waals surface area contributed by atoms with Gasteiger partial charge in [-0.15, -0.1) is 0 Å². The Balaban J connectivity index is 1.69. The van der Waals surface area contributed by atoms with Gasteiger partial charge < -0.3 is 9.88 Å². The number of carbonyl (C=O) groups excluding carboxylic acids is 1. The number of imidazole rings is 1. The van der Waals surface area contributed by atoms with Crippen molar-refractivity contribution in [2.75, 3.05) is 11.9 Å². The summed E-state index contributed by atoms with van der Waals surface area (Å²) in [6, 6.07) is 21.3. The molecule has 0 unspecified atom stereocenters. The van der Waals surface area contributed by atoms with Gasteiger partial charge in [-0.1, -0.05) is 67.9 Å². The first-order chi connectivity index (χ1) is 21.5. The minimum absolute atomic E-state index is 0.0120. The molecule has 12 heteroatoms. The fourth-order valence-corrected chi connectivity index (χ4v) is 5.18. The summed E-state index contributed by atoms with van der Waals surface area (Å²) >= 11 is 12.1. The third-order valence-electron chi connectivity index (χ3n) is 7.03. The number of hydrogen-bond donors (Lipinski definition) is 1. The van der Waals surface area contributed by atoms with Crippen LogP contribution in [0, 0.1) is 17.2 Å². The van der Waals surface area contributed by atoms with Gasteiger partial charge in [-0.25, -0.2) is 15.0 Å². The summed E-state index contributed by atoms with van der Waals surface area (Å²) in [5.41, 5.74) is 1.69. The van der Waals surface area contributed by atoms with Gasteiger partial charge in [0.05, 0.1) is 40.7 Å². The lowest BCUT2D eigenvalue weighted by atomic mass is 10.1. The monoisotopic (exact) mass is 652 g/mol. The van der Waals surface area contributed by atoms with Gasteiger partial charge in [-0.3, -0.25) is 4.79 Å². The summed E-state index contributed by atoms with van der Waals surface area (Å²) in [6.07, 6.45) is -0.963. The van der Waals surface area contributed by atoms with Gasteiger partial charge in [0.2, 0.25) is 5.91 Å². The third kappa shape index (κ3) is 9.14.